The SMILES string of the molecule is CCC(C)C[Si](C)(C)C1C(C)CC2C(c3ccc(C(C)(C)C)cc3)=CC=CC21. The third-order valence-corrected chi connectivity index (χ3v) is 12.2. The van der Waals surface area contributed by atoms with E-state index < -0.39 is 8.07 Å². The second-order valence-electron chi connectivity index (χ2n) is 11.5. The summed E-state index contributed by atoms with van der Waals surface area (Å²) in [5.74, 6) is 3.19. The van der Waals surface area contributed by atoms with Crippen LogP contribution in [0, 0.1) is 23.7 Å². The van der Waals surface area contributed by atoms with Gasteiger partial charge in [-0.05, 0) is 57.7 Å². The summed E-state index contributed by atoms with van der Waals surface area (Å²) in [6.07, 6.45) is 10.0. The molecule has 0 amide bonds. The van der Waals surface area contributed by atoms with Gasteiger partial charge in [0, 0.05) is 0 Å². The molecule has 0 radical (unpaired) electrons. The lowest BCUT2D eigenvalue weighted by Crippen LogP contribution is -2.39. The molecule has 0 aromatic heterocycles. The van der Waals surface area contributed by atoms with Crippen LogP contribution in [0.4, 0.5) is 0 Å². The van der Waals surface area contributed by atoms with Crippen LogP contribution in [0.1, 0.15) is 65.5 Å². The summed E-state index contributed by atoms with van der Waals surface area (Å²) < 4.78 is 0. The van der Waals surface area contributed by atoms with Crippen molar-refractivity contribution in [2.75, 3.05) is 0 Å². The maximum Gasteiger partial charge on any atom is 0.0516 e. The molecule has 0 N–H and O–H groups in total. The van der Waals surface area contributed by atoms with Gasteiger partial charge in [0.15, 0.2) is 0 Å². The summed E-state index contributed by atoms with van der Waals surface area (Å²) in [6.45, 7) is 19.6. The molecule has 2 aliphatic rings. The van der Waals surface area contributed by atoms with Crippen molar-refractivity contribution in [2.24, 2.45) is 23.7 Å². The van der Waals surface area contributed by atoms with Crippen molar-refractivity contribution in [3.05, 3.63) is 53.6 Å². The van der Waals surface area contributed by atoms with Gasteiger partial charge in [0.2, 0.25) is 0 Å². The van der Waals surface area contributed by atoms with Crippen LogP contribution in [0.25, 0.3) is 5.57 Å². The zero-order chi connectivity index (χ0) is 20.7. The molecular weight excluding hydrogens is 352 g/mol. The van der Waals surface area contributed by atoms with E-state index in [9.17, 15) is 0 Å². The number of rotatable bonds is 5. The number of hydrogen-bond acceptors (Lipinski definition) is 0. The van der Waals surface area contributed by atoms with E-state index >= 15 is 0 Å². The third kappa shape index (κ3) is 4.25. The van der Waals surface area contributed by atoms with Crippen LogP contribution in [0.3, 0.4) is 0 Å². The molecule has 1 heteroatoms. The Balaban J connectivity index is 1.86. The molecule has 28 heavy (non-hydrogen) atoms. The Bertz CT molecular complexity index is 729. The van der Waals surface area contributed by atoms with E-state index in [4.69, 9.17) is 0 Å². The van der Waals surface area contributed by atoms with E-state index in [0.717, 1.165) is 23.3 Å². The highest BCUT2D eigenvalue weighted by atomic mass is 28.3. The highest BCUT2D eigenvalue weighted by Crippen LogP contribution is 2.57. The van der Waals surface area contributed by atoms with Gasteiger partial charge in [0.25, 0.3) is 0 Å². The molecule has 5 unspecified atom stereocenters. The lowest BCUT2D eigenvalue weighted by atomic mass is 9.80. The van der Waals surface area contributed by atoms with Crippen LogP contribution in [0.2, 0.25) is 24.7 Å². The minimum absolute atomic E-state index is 0.223. The summed E-state index contributed by atoms with van der Waals surface area (Å²) >= 11 is 0. The smallest absolute Gasteiger partial charge is 0.0516 e. The molecule has 154 valence electrons. The van der Waals surface area contributed by atoms with Crippen LogP contribution < -0.4 is 0 Å². The second-order valence-corrected chi connectivity index (χ2v) is 16.5. The van der Waals surface area contributed by atoms with E-state index in [1.54, 1.807) is 5.57 Å². The van der Waals surface area contributed by atoms with Gasteiger partial charge in [-0.1, -0.05) is 110 Å². The Kier molecular flexibility index (Phi) is 6.16. The van der Waals surface area contributed by atoms with Crippen LogP contribution in [-0.4, -0.2) is 8.07 Å². The molecule has 0 heterocycles. The zero-order valence-corrected chi connectivity index (χ0v) is 20.5. The van der Waals surface area contributed by atoms with Crippen LogP contribution in [-0.2, 0) is 5.41 Å². The van der Waals surface area contributed by atoms with Crippen LogP contribution >= 0.6 is 0 Å². The lowest BCUT2D eigenvalue weighted by Gasteiger charge is -2.39. The number of benzene rings is 1. The fourth-order valence-electron chi connectivity index (χ4n) is 6.28. The molecule has 0 nitrogen and oxygen atoms in total. The molecule has 5 atom stereocenters. The van der Waals surface area contributed by atoms with Crippen molar-refractivity contribution in [2.45, 2.75) is 84.5 Å². The second kappa shape index (κ2) is 7.98. The molecule has 0 saturated heterocycles. The van der Waals surface area contributed by atoms with E-state index in [1.807, 2.05) is 0 Å². The molecule has 3 rings (SSSR count). The molecule has 0 aliphatic heterocycles. The summed E-state index contributed by atoms with van der Waals surface area (Å²) in [5, 5.41) is 0. The Morgan fingerprint density at radius 1 is 1.11 bits per heavy atom. The van der Waals surface area contributed by atoms with Gasteiger partial charge in [-0.2, -0.15) is 0 Å². The quantitative estimate of drug-likeness (QED) is 0.440. The van der Waals surface area contributed by atoms with Crippen molar-refractivity contribution < 1.29 is 0 Å². The maximum absolute atomic E-state index is 2.67. The van der Waals surface area contributed by atoms with E-state index in [-0.39, 0.29) is 5.41 Å². The zero-order valence-electron chi connectivity index (χ0n) is 19.5. The van der Waals surface area contributed by atoms with Gasteiger partial charge in [-0.15, -0.1) is 0 Å². The summed E-state index contributed by atoms with van der Waals surface area (Å²) in [5.41, 5.74) is 5.61. The van der Waals surface area contributed by atoms with Crippen molar-refractivity contribution in [3.63, 3.8) is 0 Å². The monoisotopic (exact) mass is 394 g/mol. The first-order chi connectivity index (χ1) is 13.0. The first-order valence-electron chi connectivity index (χ1n) is 11.5. The Morgan fingerprint density at radius 2 is 1.75 bits per heavy atom. The number of hydrogen-bond donors (Lipinski definition) is 0. The normalized spacial score (nSPS) is 28.8. The maximum atomic E-state index is 2.67. The van der Waals surface area contributed by atoms with Gasteiger partial charge in [-0.25, -0.2) is 0 Å². The van der Waals surface area contributed by atoms with E-state index in [0.29, 0.717) is 5.92 Å². The molecule has 0 bridgehead atoms. The van der Waals surface area contributed by atoms with Crippen molar-refractivity contribution in [1.29, 1.82) is 0 Å². The molecular formula is C27H42Si. The molecule has 1 saturated carbocycles. The van der Waals surface area contributed by atoms with E-state index in [1.165, 1.54) is 30.0 Å². The minimum atomic E-state index is -1.27. The topological polar surface area (TPSA) is 0 Å². The molecule has 0 spiro atoms. The number of fused-ring (bicyclic) bond motifs is 1. The summed E-state index contributed by atoms with van der Waals surface area (Å²) in [7, 11) is -1.27. The summed E-state index contributed by atoms with van der Waals surface area (Å²) in [6, 6.07) is 10.9. The number of allylic oxidation sites excluding steroid dienone is 4. The highest BCUT2D eigenvalue weighted by Gasteiger charge is 2.49. The molecule has 1 aromatic rings. The predicted octanol–water partition coefficient (Wildman–Crippen LogP) is 8.33. The molecule has 1 aromatic carbocycles. The van der Waals surface area contributed by atoms with Crippen molar-refractivity contribution >= 4 is 13.6 Å². The van der Waals surface area contributed by atoms with Crippen LogP contribution in [0.5, 0.6) is 0 Å². The Hall–Kier alpha value is -1.08. The molecule has 1 fully saturated rings. The summed E-state index contributed by atoms with van der Waals surface area (Å²) in [4.78, 5) is 0. The standard InChI is InChI=1S/C27H42Si/c1-9-19(2)18-28(7,8)26-20(3)17-25-23(11-10-12-24(25)26)21-13-15-22(16-14-21)27(4,5)6/h10-16,19-20,24-26H,9,17-18H2,1-8H3. The molecule has 2 aliphatic carbocycles. The largest absolute Gasteiger partial charge is 0.0808 e. The Morgan fingerprint density at radius 3 is 2.32 bits per heavy atom. The highest BCUT2D eigenvalue weighted by molar-refractivity contribution is 6.79. The van der Waals surface area contributed by atoms with Crippen molar-refractivity contribution in [3.8, 4) is 0 Å². The third-order valence-electron chi connectivity index (χ3n) is 7.68. The van der Waals surface area contributed by atoms with Crippen LogP contribution in [0.15, 0.2) is 42.5 Å². The lowest BCUT2D eigenvalue weighted by molar-refractivity contribution is 0.533. The average molecular weight is 395 g/mol. The van der Waals surface area contributed by atoms with Crippen molar-refractivity contribution in [1.82, 2.24) is 0 Å². The average Bonchev–Trinajstić information content (AvgIpc) is 2.97. The first-order valence-corrected chi connectivity index (χ1v) is 14.8. The van der Waals surface area contributed by atoms with Gasteiger partial charge in [-0.3, -0.25) is 0 Å². The fraction of sp³-hybridized carbons (Fsp3) is 0.630. The van der Waals surface area contributed by atoms with E-state index in [2.05, 4.69) is 97.1 Å². The minimum Gasteiger partial charge on any atom is -0.0808 e. The van der Waals surface area contributed by atoms with Gasteiger partial charge < -0.3 is 0 Å². The van der Waals surface area contributed by atoms with Gasteiger partial charge in [0.1, 0.15) is 0 Å². The fourth-order valence-corrected chi connectivity index (χ4v) is 11.7. The predicted molar refractivity (Wildman–Crippen MR) is 129 cm³/mol. The Labute approximate surface area is 175 Å². The first kappa shape index (κ1) is 21.6. The van der Waals surface area contributed by atoms with Gasteiger partial charge >= 0.3 is 0 Å². The van der Waals surface area contributed by atoms with Gasteiger partial charge in [0.05, 0.1) is 8.07 Å².